The van der Waals surface area contributed by atoms with Gasteiger partial charge in [0.1, 0.15) is 35.5 Å². The summed E-state index contributed by atoms with van der Waals surface area (Å²) in [5.74, 6) is 1.73. The fourth-order valence-electron chi connectivity index (χ4n) is 3.73. The third kappa shape index (κ3) is 5.41. The highest BCUT2D eigenvalue weighted by Gasteiger charge is 2.36. The minimum Gasteiger partial charge on any atom is -0.497 e. The molecular formula is C28H24N4O4S. The maximum atomic E-state index is 12.7. The molecule has 0 saturated carbocycles. The number of amidine groups is 2. The largest absolute Gasteiger partial charge is 0.497 e. The quantitative estimate of drug-likeness (QED) is 0.332. The van der Waals surface area contributed by atoms with Crippen LogP contribution in [0.4, 0.5) is 0 Å². The first-order chi connectivity index (χ1) is 18.0. The van der Waals surface area contributed by atoms with Gasteiger partial charge in [-0.25, -0.2) is 0 Å². The Morgan fingerprint density at radius 1 is 0.919 bits per heavy atom. The van der Waals surface area contributed by atoms with E-state index in [1.807, 2.05) is 79.7 Å². The SMILES string of the molecule is COc1ccc(OCCOc2ccc(/C=C3\C(=N)N4N=C(c5ccccc5C)SC4=NC3=O)cc2)cc1. The number of aryl methyl sites for hydroxylation is 1. The van der Waals surface area contributed by atoms with Crippen molar-refractivity contribution in [2.45, 2.75) is 6.92 Å². The number of carbonyl (C=O) groups excluding carboxylic acids is 1. The van der Waals surface area contributed by atoms with Crippen LogP contribution in [0.15, 0.2) is 88.5 Å². The highest BCUT2D eigenvalue weighted by Crippen LogP contribution is 2.32. The van der Waals surface area contributed by atoms with Crippen molar-refractivity contribution in [2.24, 2.45) is 10.1 Å². The highest BCUT2D eigenvalue weighted by atomic mass is 32.2. The normalized spacial score (nSPS) is 15.8. The molecule has 2 heterocycles. The molecule has 0 bridgehead atoms. The van der Waals surface area contributed by atoms with Crippen LogP contribution in [0.25, 0.3) is 6.08 Å². The molecule has 9 heteroatoms. The van der Waals surface area contributed by atoms with Gasteiger partial charge in [-0.15, -0.1) is 0 Å². The molecule has 0 aliphatic carbocycles. The summed E-state index contributed by atoms with van der Waals surface area (Å²) in [6.07, 6.45) is 1.65. The molecule has 3 aromatic rings. The maximum Gasteiger partial charge on any atom is 0.283 e. The Balaban J connectivity index is 1.21. The number of thioether (sulfide) groups is 1. The van der Waals surface area contributed by atoms with Gasteiger partial charge in [0.15, 0.2) is 5.84 Å². The summed E-state index contributed by atoms with van der Waals surface area (Å²) in [6.45, 7) is 2.77. The van der Waals surface area contributed by atoms with E-state index in [1.54, 1.807) is 13.2 Å². The van der Waals surface area contributed by atoms with Crippen LogP contribution in [0.3, 0.4) is 0 Å². The number of aliphatic imine (C=N–C) groups is 1. The molecule has 2 aliphatic rings. The number of ether oxygens (including phenoxy) is 3. The number of benzene rings is 3. The summed E-state index contributed by atoms with van der Waals surface area (Å²) in [5.41, 5.74) is 2.96. The topological polar surface area (TPSA) is 96.6 Å². The molecule has 5 rings (SSSR count). The van der Waals surface area contributed by atoms with E-state index in [1.165, 1.54) is 16.8 Å². The van der Waals surface area contributed by atoms with E-state index in [0.717, 1.165) is 28.2 Å². The van der Waals surface area contributed by atoms with Gasteiger partial charge in [-0.05, 0) is 72.3 Å². The van der Waals surface area contributed by atoms with Gasteiger partial charge in [-0.2, -0.15) is 15.1 Å². The Labute approximate surface area is 218 Å². The Hall–Kier alpha value is -4.37. The Morgan fingerprint density at radius 3 is 2.19 bits per heavy atom. The number of rotatable bonds is 8. The molecule has 3 aromatic carbocycles. The molecule has 0 unspecified atom stereocenters. The first kappa shape index (κ1) is 24.3. The monoisotopic (exact) mass is 512 g/mol. The second-order valence-corrected chi connectivity index (χ2v) is 9.14. The van der Waals surface area contributed by atoms with Crippen molar-refractivity contribution in [3.05, 3.63) is 95.1 Å². The lowest BCUT2D eigenvalue weighted by molar-refractivity contribution is -0.114. The molecule has 0 saturated heterocycles. The Morgan fingerprint density at radius 2 is 1.54 bits per heavy atom. The lowest BCUT2D eigenvalue weighted by Crippen LogP contribution is -2.35. The van der Waals surface area contributed by atoms with E-state index in [4.69, 9.17) is 19.6 Å². The first-order valence-corrected chi connectivity index (χ1v) is 12.4. The molecule has 1 amide bonds. The molecule has 0 aromatic heterocycles. The third-order valence-electron chi connectivity index (χ3n) is 5.70. The minimum absolute atomic E-state index is 0.00194. The predicted molar refractivity (Wildman–Crippen MR) is 146 cm³/mol. The Bertz CT molecular complexity index is 1430. The lowest BCUT2D eigenvalue weighted by atomic mass is 10.1. The first-order valence-electron chi connectivity index (χ1n) is 11.6. The zero-order valence-corrected chi connectivity index (χ0v) is 21.1. The second kappa shape index (κ2) is 10.7. The summed E-state index contributed by atoms with van der Waals surface area (Å²) in [6, 6.07) is 22.5. The highest BCUT2D eigenvalue weighted by molar-refractivity contribution is 8.27. The zero-order chi connectivity index (χ0) is 25.8. The van der Waals surface area contributed by atoms with Crippen molar-refractivity contribution in [3.8, 4) is 17.2 Å². The molecule has 1 N–H and O–H groups in total. The van der Waals surface area contributed by atoms with E-state index in [-0.39, 0.29) is 11.4 Å². The Kier molecular flexibility index (Phi) is 7.04. The van der Waals surface area contributed by atoms with Gasteiger partial charge >= 0.3 is 0 Å². The van der Waals surface area contributed by atoms with Crippen LogP contribution in [0.1, 0.15) is 16.7 Å². The fraction of sp³-hybridized carbons (Fsp3) is 0.143. The summed E-state index contributed by atoms with van der Waals surface area (Å²) in [4.78, 5) is 16.9. The average Bonchev–Trinajstić information content (AvgIpc) is 3.34. The summed E-state index contributed by atoms with van der Waals surface area (Å²) in [5, 5.41) is 15.7. The van der Waals surface area contributed by atoms with E-state index in [2.05, 4.69) is 10.1 Å². The molecule has 186 valence electrons. The van der Waals surface area contributed by atoms with Crippen LogP contribution in [0.2, 0.25) is 0 Å². The fourth-order valence-corrected chi connectivity index (χ4v) is 4.71. The molecular weight excluding hydrogens is 488 g/mol. The number of hydrogen-bond acceptors (Lipinski definition) is 7. The minimum atomic E-state index is -0.457. The standard InChI is InChI=1S/C28H24N4O4S/c1-18-5-3-4-6-23(18)27-31-32-25(29)24(26(33)30-28(32)37-27)17-19-7-9-21(10-8-19)35-15-16-36-22-13-11-20(34-2)12-14-22/h3-14,17,29H,15-16H2,1-2H3/b24-17+,29-25?. The van der Waals surface area contributed by atoms with Crippen LogP contribution >= 0.6 is 11.8 Å². The smallest absolute Gasteiger partial charge is 0.283 e. The van der Waals surface area contributed by atoms with E-state index in [0.29, 0.717) is 29.2 Å². The number of nitrogens with zero attached hydrogens (tertiary/aromatic N) is 3. The van der Waals surface area contributed by atoms with Crippen LogP contribution in [-0.4, -0.2) is 47.3 Å². The van der Waals surface area contributed by atoms with Crippen molar-refractivity contribution in [1.29, 1.82) is 5.41 Å². The van der Waals surface area contributed by atoms with Gasteiger partial charge in [-0.1, -0.05) is 36.4 Å². The van der Waals surface area contributed by atoms with Crippen molar-refractivity contribution in [1.82, 2.24) is 5.01 Å². The molecule has 37 heavy (non-hydrogen) atoms. The van der Waals surface area contributed by atoms with E-state index >= 15 is 0 Å². The molecule has 2 aliphatic heterocycles. The van der Waals surface area contributed by atoms with Crippen molar-refractivity contribution < 1.29 is 19.0 Å². The molecule has 0 spiro atoms. The van der Waals surface area contributed by atoms with Gasteiger partial charge in [0.2, 0.25) is 5.17 Å². The number of methoxy groups -OCH3 is 1. The number of fused-ring (bicyclic) bond motifs is 1. The third-order valence-corrected chi connectivity index (χ3v) is 6.64. The predicted octanol–water partition coefficient (Wildman–Crippen LogP) is 5.13. The van der Waals surface area contributed by atoms with Crippen molar-refractivity contribution >= 4 is 39.8 Å². The second-order valence-electron chi connectivity index (χ2n) is 8.18. The van der Waals surface area contributed by atoms with Gasteiger partial charge in [0, 0.05) is 5.56 Å². The molecule has 0 fully saturated rings. The number of nitrogens with one attached hydrogen (secondary N) is 1. The van der Waals surface area contributed by atoms with E-state index < -0.39 is 5.91 Å². The number of amides is 1. The lowest BCUT2D eigenvalue weighted by Gasteiger charge is -2.20. The summed E-state index contributed by atoms with van der Waals surface area (Å²) < 4.78 is 16.6. The van der Waals surface area contributed by atoms with Gasteiger partial charge in [-0.3, -0.25) is 10.2 Å². The maximum absolute atomic E-state index is 12.7. The van der Waals surface area contributed by atoms with Crippen LogP contribution in [-0.2, 0) is 4.79 Å². The van der Waals surface area contributed by atoms with Crippen molar-refractivity contribution in [2.75, 3.05) is 20.3 Å². The number of hydrazone groups is 1. The van der Waals surface area contributed by atoms with Gasteiger partial charge < -0.3 is 14.2 Å². The van der Waals surface area contributed by atoms with Crippen LogP contribution in [0, 0.1) is 12.3 Å². The van der Waals surface area contributed by atoms with Crippen LogP contribution < -0.4 is 14.2 Å². The van der Waals surface area contributed by atoms with Gasteiger partial charge in [0.25, 0.3) is 5.91 Å². The number of hydrogen-bond donors (Lipinski definition) is 1. The molecule has 0 atom stereocenters. The summed E-state index contributed by atoms with van der Waals surface area (Å²) >= 11 is 1.29. The van der Waals surface area contributed by atoms with E-state index in [9.17, 15) is 4.79 Å². The number of carbonyl (C=O) groups is 1. The molecule has 8 nitrogen and oxygen atoms in total. The average molecular weight is 513 g/mol. The summed E-state index contributed by atoms with van der Waals surface area (Å²) in [7, 11) is 1.62. The van der Waals surface area contributed by atoms with Crippen LogP contribution in [0.5, 0.6) is 17.2 Å². The zero-order valence-electron chi connectivity index (χ0n) is 20.3. The van der Waals surface area contributed by atoms with Crippen molar-refractivity contribution in [3.63, 3.8) is 0 Å². The van der Waals surface area contributed by atoms with Gasteiger partial charge in [0.05, 0.1) is 12.7 Å². The molecule has 0 radical (unpaired) electrons.